The van der Waals surface area contributed by atoms with Gasteiger partial charge in [0.15, 0.2) is 0 Å². The number of ether oxygens (including phenoxy) is 1. The molecule has 0 heterocycles. The molecule has 1 atom stereocenters. The van der Waals surface area contributed by atoms with E-state index in [0.29, 0.717) is 24.2 Å². The van der Waals surface area contributed by atoms with Crippen LogP contribution >= 0.6 is 0 Å². The predicted molar refractivity (Wildman–Crippen MR) is 65.2 cm³/mol. The Labute approximate surface area is 104 Å². The van der Waals surface area contributed by atoms with E-state index in [4.69, 9.17) is 10.5 Å². The van der Waals surface area contributed by atoms with Crippen LogP contribution in [-0.2, 0) is 9.53 Å². The molecule has 0 aromatic carbocycles. The van der Waals surface area contributed by atoms with Crippen molar-refractivity contribution in [1.29, 1.82) is 0 Å². The van der Waals surface area contributed by atoms with Crippen molar-refractivity contribution >= 4 is 5.97 Å². The SMILES string of the molecule is C[N+](C)(C)CC(CC(=O)[O-])OCCCCCN. The number of quaternary nitrogens is 1. The van der Waals surface area contributed by atoms with Crippen molar-refractivity contribution in [2.75, 3.05) is 40.8 Å². The minimum atomic E-state index is -1.05. The van der Waals surface area contributed by atoms with Gasteiger partial charge in [-0.1, -0.05) is 0 Å². The molecule has 0 aliphatic heterocycles. The lowest BCUT2D eigenvalue weighted by atomic mass is 10.2. The van der Waals surface area contributed by atoms with Gasteiger partial charge in [0, 0.05) is 19.0 Å². The first-order valence-electron chi connectivity index (χ1n) is 6.17. The zero-order chi connectivity index (χ0) is 13.3. The summed E-state index contributed by atoms with van der Waals surface area (Å²) in [6.07, 6.45) is 2.64. The van der Waals surface area contributed by atoms with Gasteiger partial charge in [-0.05, 0) is 25.8 Å². The lowest BCUT2D eigenvalue weighted by Crippen LogP contribution is -2.44. The van der Waals surface area contributed by atoms with Crippen LogP contribution in [0.3, 0.4) is 0 Å². The highest BCUT2D eigenvalue weighted by Gasteiger charge is 2.18. The summed E-state index contributed by atoms with van der Waals surface area (Å²) in [5.41, 5.74) is 5.39. The van der Waals surface area contributed by atoms with E-state index in [9.17, 15) is 9.90 Å². The van der Waals surface area contributed by atoms with Crippen molar-refractivity contribution in [3.8, 4) is 0 Å². The summed E-state index contributed by atoms with van der Waals surface area (Å²) in [5, 5.41) is 10.6. The van der Waals surface area contributed by atoms with Crippen LogP contribution in [0, 0.1) is 0 Å². The Morgan fingerprint density at radius 1 is 1.29 bits per heavy atom. The molecule has 1 unspecified atom stereocenters. The van der Waals surface area contributed by atoms with Crippen molar-refractivity contribution < 1.29 is 19.1 Å². The van der Waals surface area contributed by atoms with Crippen LogP contribution in [0.1, 0.15) is 25.7 Å². The lowest BCUT2D eigenvalue weighted by molar-refractivity contribution is -0.873. The fraction of sp³-hybridized carbons (Fsp3) is 0.917. The summed E-state index contributed by atoms with van der Waals surface area (Å²) in [6.45, 7) is 1.96. The van der Waals surface area contributed by atoms with Gasteiger partial charge in [-0.3, -0.25) is 0 Å². The summed E-state index contributed by atoms with van der Waals surface area (Å²) in [7, 11) is 6.04. The van der Waals surface area contributed by atoms with Crippen molar-refractivity contribution in [2.45, 2.75) is 31.8 Å². The number of carboxylic acid groups (broad SMARTS) is 1. The van der Waals surface area contributed by atoms with Gasteiger partial charge in [-0.25, -0.2) is 0 Å². The van der Waals surface area contributed by atoms with E-state index in [1.807, 2.05) is 21.1 Å². The molecule has 0 aliphatic carbocycles. The highest BCUT2D eigenvalue weighted by molar-refractivity contribution is 5.64. The average Bonchev–Trinajstić information content (AvgIpc) is 2.13. The van der Waals surface area contributed by atoms with E-state index < -0.39 is 5.97 Å². The summed E-state index contributed by atoms with van der Waals surface area (Å²) in [5.74, 6) is -1.05. The van der Waals surface area contributed by atoms with Crippen LogP contribution in [0.2, 0.25) is 0 Å². The smallest absolute Gasteiger partial charge is 0.112 e. The number of unbranched alkanes of at least 4 members (excludes halogenated alkanes) is 2. The normalized spacial score (nSPS) is 13.6. The second kappa shape index (κ2) is 8.44. The molecule has 17 heavy (non-hydrogen) atoms. The van der Waals surface area contributed by atoms with Crippen LogP contribution in [-0.4, -0.2) is 57.4 Å². The van der Waals surface area contributed by atoms with Gasteiger partial charge in [0.25, 0.3) is 0 Å². The molecular weight excluding hydrogens is 220 g/mol. The second-order valence-corrected chi connectivity index (χ2v) is 5.39. The van der Waals surface area contributed by atoms with E-state index in [1.54, 1.807) is 0 Å². The number of hydrogen-bond donors (Lipinski definition) is 1. The molecule has 0 bridgehead atoms. The van der Waals surface area contributed by atoms with Gasteiger partial charge in [-0.15, -0.1) is 0 Å². The molecule has 5 nitrogen and oxygen atoms in total. The summed E-state index contributed by atoms with van der Waals surface area (Å²) < 4.78 is 6.28. The molecule has 0 radical (unpaired) electrons. The van der Waals surface area contributed by atoms with E-state index in [2.05, 4.69) is 0 Å². The Bertz CT molecular complexity index is 214. The van der Waals surface area contributed by atoms with Crippen LogP contribution < -0.4 is 10.8 Å². The summed E-state index contributed by atoms with van der Waals surface area (Å²) in [4.78, 5) is 10.6. The second-order valence-electron chi connectivity index (χ2n) is 5.39. The first kappa shape index (κ1) is 16.4. The van der Waals surface area contributed by atoms with Gasteiger partial charge in [0.1, 0.15) is 12.6 Å². The molecule has 0 fully saturated rings. The molecule has 0 aliphatic rings. The van der Waals surface area contributed by atoms with E-state index in [1.165, 1.54) is 0 Å². The Balaban J connectivity index is 3.90. The van der Waals surface area contributed by atoms with Crippen LogP contribution in [0.4, 0.5) is 0 Å². The molecular formula is C12H26N2O3. The largest absolute Gasteiger partial charge is 0.550 e. The molecule has 5 heteroatoms. The maximum atomic E-state index is 10.6. The third-order valence-corrected chi connectivity index (χ3v) is 2.35. The zero-order valence-corrected chi connectivity index (χ0v) is 11.3. The maximum absolute atomic E-state index is 10.6. The summed E-state index contributed by atoms with van der Waals surface area (Å²) in [6, 6.07) is 0. The first-order chi connectivity index (χ1) is 7.85. The zero-order valence-electron chi connectivity index (χ0n) is 11.3. The number of hydrogen-bond acceptors (Lipinski definition) is 4. The number of carbonyl (C=O) groups is 1. The Kier molecular flexibility index (Phi) is 8.12. The number of nitrogens with zero attached hydrogens (tertiary/aromatic N) is 1. The van der Waals surface area contributed by atoms with Gasteiger partial charge >= 0.3 is 0 Å². The van der Waals surface area contributed by atoms with Crippen LogP contribution in [0.5, 0.6) is 0 Å². The standard InChI is InChI=1S/C12H26N2O3/c1-14(2,3)10-11(9-12(15)16)17-8-6-4-5-7-13/h11H,4-10,13H2,1-3H3. The monoisotopic (exact) mass is 246 g/mol. The maximum Gasteiger partial charge on any atom is 0.112 e. The van der Waals surface area contributed by atoms with Gasteiger partial charge in [0.2, 0.25) is 0 Å². The molecule has 0 saturated carbocycles. The van der Waals surface area contributed by atoms with Gasteiger partial charge in [-0.2, -0.15) is 0 Å². The number of aliphatic carboxylic acids is 1. The molecule has 0 aromatic rings. The Morgan fingerprint density at radius 2 is 1.94 bits per heavy atom. The molecule has 0 saturated heterocycles. The van der Waals surface area contributed by atoms with Gasteiger partial charge < -0.3 is 24.9 Å². The van der Waals surface area contributed by atoms with Gasteiger partial charge in [0.05, 0.1) is 21.1 Å². The number of likely N-dealkylation sites (N-methyl/N-ethyl adjacent to an activating group) is 1. The lowest BCUT2D eigenvalue weighted by Gasteiger charge is -2.29. The fourth-order valence-electron chi connectivity index (χ4n) is 1.65. The van der Waals surface area contributed by atoms with E-state index in [-0.39, 0.29) is 12.5 Å². The molecule has 0 amide bonds. The third kappa shape index (κ3) is 11.6. The van der Waals surface area contributed by atoms with Crippen molar-refractivity contribution in [1.82, 2.24) is 0 Å². The third-order valence-electron chi connectivity index (χ3n) is 2.35. The first-order valence-corrected chi connectivity index (χ1v) is 6.17. The molecule has 0 spiro atoms. The van der Waals surface area contributed by atoms with Crippen molar-refractivity contribution in [3.05, 3.63) is 0 Å². The molecule has 102 valence electrons. The van der Waals surface area contributed by atoms with Crippen LogP contribution in [0.15, 0.2) is 0 Å². The fourth-order valence-corrected chi connectivity index (χ4v) is 1.65. The average molecular weight is 246 g/mol. The topological polar surface area (TPSA) is 75.4 Å². The number of rotatable bonds is 10. The van der Waals surface area contributed by atoms with Crippen LogP contribution in [0.25, 0.3) is 0 Å². The quantitative estimate of drug-likeness (QED) is 0.410. The molecule has 0 rings (SSSR count). The van der Waals surface area contributed by atoms with E-state index in [0.717, 1.165) is 19.3 Å². The highest BCUT2D eigenvalue weighted by Crippen LogP contribution is 2.06. The van der Waals surface area contributed by atoms with Crippen molar-refractivity contribution in [2.24, 2.45) is 5.73 Å². The minimum absolute atomic E-state index is 0.0353. The number of carbonyl (C=O) groups excluding carboxylic acids is 1. The molecule has 2 N–H and O–H groups in total. The van der Waals surface area contributed by atoms with Crippen molar-refractivity contribution in [3.63, 3.8) is 0 Å². The minimum Gasteiger partial charge on any atom is -0.550 e. The summed E-state index contributed by atoms with van der Waals surface area (Å²) >= 11 is 0. The molecule has 0 aromatic heterocycles. The highest BCUT2D eigenvalue weighted by atomic mass is 16.5. The number of nitrogens with two attached hydrogens (primary N) is 1. The van der Waals surface area contributed by atoms with E-state index >= 15 is 0 Å². The Hall–Kier alpha value is -0.650. The Morgan fingerprint density at radius 3 is 2.41 bits per heavy atom. The number of carboxylic acids is 1. The predicted octanol–water partition coefficient (Wildman–Crippen LogP) is -0.653.